The number of aryl methyl sites for hydroxylation is 1. The van der Waals surface area contributed by atoms with Gasteiger partial charge in [-0.2, -0.15) is 13.2 Å². The van der Waals surface area contributed by atoms with Gasteiger partial charge in [0.05, 0.1) is 11.1 Å². The van der Waals surface area contributed by atoms with Gasteiger partial charge >= 0.3 is 6.18 Å². The van der Waals surface area contributed by atoms with Crippen molar-refractivity contribution in [2.24, 2.45) is 0 Å². The zero-order chi connectivity index (χ0) is 15.6. The number of hydrogen-bond donors (Lipinski definition) is 0. The Morgan fingerprint density at radius 1 is 1.10 bits per heavy atom. The van der Waals surface area contributed by atoms with Crippen molar-refractivity contribution >= 4 is 6.29 Å². The summed E-state index contributed by atoms with van der Waals surface area (Å²) in [6, 6.07) is 6.79. The standard InChI is InChI=1S/C15H10F4O2/c1-9-7-10(16)5-6-13(9)21-14-4-2-3-12(11(14)8-20)15(17,18)19/h2-8H,1H3. The van der Waals surface area contributed by atoms with Crippen LogP contribution in [0.5, 0.6) is 11.5 Å². The number of alkyl halides is 3. The first-order chi connectivity index (χ1) is 9.82. The molecule has 0 bridgehead atoms. The first kappa shape index (κ1) is 15.0. The van der Waals surface area contributed by atoms with Gasteiger partial charge in [0.25, 0.3) is 0 Å². The average Bonchev–Trinajstić information content (AvgIpc) is 2.40. The molecule has 0 radical (unpaired) electrons. The lowest BCUT2D eigenvalue weighted by Gasteiger charge is -2.14. The molecule has 0 aliphatic rings. The van der Waals surface area contributed by atoms with Crippen LogP contribution in [0.4, 0.5) is 17.6 Å². The molecule has 0 aliphatic carbocycles. The third-order valence-corrected chi connectivity index (χ3v) is 2.85. The van der Waals surface area contributed by atoms with Crippen molar-refractivity contribution in [3.8, 4) is 11.5 Å². The molecular weight excluding hydrogens is 288 g/mol. The van der Waals surface area contributed by atoms with Crippen LogP contribution in [0.1, 0.15) is 21.5 Å². The van der Waals surface area contributed by atoms with Gasteiger partial charge in [0.2, 0.25) is 0 Å². The molecular formula is C15H10F4O2. The molecule has 0 unspecified atom stereocenters. The van der Waals surface area contributed by atoms with E-state index >= 15 is 0 Å². The fraction of sp³-hybridized carbons (Fsp3) is 0.133. The van der Waals surface area contributed by atoms with Crippen molar-refractivity contribution in [3.63, 3.8) is 0 Å². The fourth-order valence-electron chi connectivity index (χ4n) is 1.85. The first-order valence-electron chi connectivity index (χ1n) is 5.92. The lowest BCUT2D eigenvalue weighted by Crippen LogP contribution is -2.09. The number of rotatable bonds is 3. The van der Waals surface area contributed by atoms with E-state index in [4.69, 9.17) is 4.74 Å². The van der Waals surface area contributed by atoms with Gasteiger partial charge in [-0.05, 0) is 42.8 Å². The monoisotopic (exact) mass is 298 g/mol. The molecule has 0 fully saturated rings. The van der Waals surface area contributed by atoms with Crippen LogP contribution in [-0.4, -0.2) is 6.29 Å². The van der Waals surface area contributed by atoms with Crippen LogP contribution in [0.2, 0.25) is 0 Å². The third-order valence-electron chi connectivity index (χ3n) is 2.85. The van der Waals surface area contributed by atoms with Crippen LogP contribution in [-0.2, 0) is 6.18 Å². The van der Waals surface area contributed by atoms with E-state index in [0.717, 1.165) is 18.2 Å². The molecule has 0 aliphatic heterocycles. The number of aldehydes is 1. The van der Waals surface area contributed by atoms with Crippen molar-refractivity contribution < 1.29 is 27.1 Å². The summed E-state index contributed by atoms with van der Waals surface area (Å²) in [6.45, 7) is 1.55. The summed E-state index contributed by atoms with van der Waals surface area (Å²) < 4.78 is 56.8. The maximum Gasteiger partial charge on any atom is 0.417 e. The van der Waals surface area contributed by atoms with Gasteiger partial charge in [0.15, 0.2) is 6.29 Å². The predicted octanol–water partition coefficient (Wildman–Crippen LogP) is 4.76. The largest absolute Gasteiger partial charge is 0.456 e. The summed E-state index contributed by atoms with van der Waals surface area (Å²) in [5, 5.41) is 0. The zero-order valence-electron chi connectivity index (χ0n) is 10.9. The summed E-state index contributed by atoms with van der Waals surface area (Å²) >= 11 is 0. The highest BCUT2D eigenvalue weighted by Gasteiger charge is 2.34. The molecule has 0 heterocycles. The molecule has 2 aromatic carbocycles. The second-order valence-corrected chi connectivity index (χ2v) is 4.34. The molecule has 0 aromatic heterocycles. The number of halogens is 4. The smallest absolute Gasteiger partial charge is 0.417 e. The Hall–Kier alpha value is -2.37. The quantitative estimate of drug-likeness (QED) is 0.603. The van der Waals surface area contributed by atoms with Crippen molar-refractivity contribution in [1.82, 2.24) is 0 Å². The van der Waals surface area contributed by atoms with Crippen molar-refractivity contribution in [1.29, 1.82) is 0 Å². The maximum absolute atomic E-state index is 13.0. The van der Waals surface area contributed by atoms with E-state index in [1.54, 1.807) is 6.92 Å². The van der Waals surface area contributed by atoms with Crippen LogP contribution in [0, 0.1) is 12.7 Å². The van der Waals surface area contributed by atoms with Gasteiger partial charge < -0.3 is 4.74 Å². The summed E-state index contributed by atoms with van der Waals surface area (Å²) in [5.41, 5.74) is -1.26. The van der Waals surface area contributed by atoms with E-state index in [1.165, 1.54) is 18.2 Å². The third kappa shape index (κ3) is 3.21. The van der Waals surface area contributed by atoms with Crippen molar-refractivity contribution in [2.75, 3.05) is 0 Å². The Morgan fingerprint density at radius 3 is 2.38 bits per heavy atom. The number of carbonyl (C=O) groups is 1. The van der Waals surface area contributed by atoms with E-state index < -0.39 is 23.1 Å². The second kappa shape index (κ2) is 5.55. The van der Waals surface area contributed by atoms with E-state index in [-0.39, 0.29) is 17.8 Å². The fourth-order valence-corrected chi connectivity index (χ4v) is 1.85. The number of ether oxygens (including phenoxy) is 1. The molecule has 2 aromatic rings. The van der Waals surface area contributed by atoms with E-state index in [2.05, 4.69) is 0 Å². The molecule has 0 saturated heterocycles. The van der Waals surface area contributed by atoms with Crippen LogP contribution in [0.25, 0.3) is 0 Å². The molecule has 21 heavy (non-hydrogen) atoms. The summed E-state index contributed by atoms with van der Waals surface area (Å²) in [5.74, 6) is -0.534. The SMILES string of the molecule is Cc1cc(F)ccc1Oc1cccc(C(F)(F)F)c1C=O. The molecule has 0 spiro atoms. The van der Waals surface area contributed by atoms with E-state index in [1.807, 2.05) is 0 Å². The van der Waals surface area contributed by atoms with Crippen molar-refractivity contribution in [3.05, 3.63) is 58.9 Å². The maximum atomic E-state index is 13.0. The van der Waals surface area contributed by atoms with Crippen LogP contribution in [0.15, 0.2) is 36.4 Å². The highest BCUT2D eigenvalue weighted by atomic mass is 19.4. The predicted molar refractivity (Wildman–Crippen MR) is 68.0 cm³/mol. The number of benzene rings is 2. The van der Waals surface area contributed by atoms with Crippen molar-refractivity contribution in [2.45, 2.75) is 13.1 Å². The lowest BCUT2D eigenvalue weighted by atomic mass is 10.1. The van der Waals surface area contributed by atoms with Crippen LogP contribution in [0.3, 0.4) is 0 Å². The number of carbonyl (C=O) groups excluding carboxylic acids is 1. The Balaban J connectivity index is 2.47. The molecule has 2 rings (SSSR count). The average molecular weight is 298 g/mol. The zero-order valence-corrected chi connectivity index (χ0v) is 10.9. The van der Waals surface area contributed by atoms with E-state index in [0.29, 0.717) is 5.56 Å². The minimum atomic E-state index is -4.66. The molecule has 0 atom stereocenters. The Kier molecular flexibility index (Phi) is 3.97. The van der Waals surface area contributed by atoms with Gasteiger partial charge in [0, 0.05) is 0 Å². The molecule has 0 amide bonds. The highest BCUT2D eigenvalue weighted by molar-refractivity contribution is 5.82. The van der Waals surface area contributed by atoms with Gasteiger partial charge in [-0.15, -0.1) is 0 Å². The molecule has 0 saturated carbocycles. The Labute approximate surface area is 118 Å². The summed E-state index contributed by atoms with van der Waals surface area (Å²) in [4.78, 5) is 11.0. The first-order valence-corrected chi connectivity index (χ1v) is 5.92. The van der Waals surface area contributed by atoms with Gasteiger partial charge in [-0.1, -0.05) is 6.07 Å². The van der Waals surface area contributed by atoms with Crippen LogP contribution < -0.4 is 4.74 Å². The van der Waals surface area contributed by atoms with Gasteiger partial charge in [0.1, 0.15) is 17.3 Å². The van der Waals surface area contributed by atoms with Gasteiger partial charge in [-0.3, -0.25) is 4.79 Å². The second-order valence-electron chi connectivity index (χ2n) is 4.34. The normalized spacial score (nSPS) is 11.3. The van der Waals surface area contributed by atoms with Gasteiger partial charge in [-0.25, -0.2) is 4.39 Å². The topological polar surface area (TPSA) is 26.3 Å². The molecule has 6 heteroatoms. The highest BCUT2D eigenvalue weighted by Crippen LogP contribution is 2.37. The molecule has 2 nitrogen and oxygen atoms in total. The number of hydrogen-bond acceptors (Lipinski definition) is 2. The summed E-state index contributed by atoms with van der Waals surface area (Å²) in [7, 11) is 0. The van der Waals surface area contributed by atoms with E-state index in [9.17, 15) is 22.4 Å². The lowest BCUT2D eigenvalue weighted by molar-refractivity contribution is -0.137. The Morgan fingerprint density at radius 2 is 1.81 bits per heavy atom. The minimum Gasteiger partial charge on any atom is -0.456 e. The Bertz CT molecular complexity index is 678. The minimum absolute atomic E-state index is 0.0943. The summed E-state index contributed by atoms with van der Waals surface area (Å²) in [6.07, 6.45) is -4.57. The molecule has 0 N–H and O–H groups in total. The van der Waals surface area contributed by atoms with Crippen LogP contribution >= 0.6 is 0 Å². The molecule has 110 valence electrons.